The summed E-state index contributed by atoms with van der Waals surface area (Å²) in [5.41, 5.74) is 0.713. The number of nitrogens with zero attached hydrogens (tertiary/aromatic N) is 1. The Balaban J connectivity index is 1.98. The summed E-state index contributed by atoms with van der Waals surface area (Å²) in [5, 5.41) is 9.21. The number of hydrogen-bond donors (Lipinski definition) is 1. The molecule has 0 aliphatic carbocycles. The lowest BCUT2D eigenvalue weighted by Crippen LogP contribution is -2.26. The van der Waals surface area contributed by atoms with Crippen LogP contribution < -0.4 is 4.90 Å². The number of amides is 1. The summed E-state index contributed by atoms with van der Waals surface area (Å²) in [6, 6.07) is 6.45. The van der Waals surface area contributed by atoms with Gasteiger partial charge in [0.1, 0.15) is 11.9 Å². The first-order chi connectivity index (χ1) is 8.56. The summed E-state index contributed by atoms with van der Waals surface area (Å²) in [7, 11) is 0. The molecule has 1 heterocycles. The summed E-state index contributed by atoms with van der Waals surface area (Å²) in [5.74, 6) is 0.172. The number of phenolic OH excluding ortho intramolecular Hbond substituents is 1. The molecule has 5 nitrogen and oxygen atoms in total. The minimum Gasteiger partial charge on any atom is -0.508 e. The monoisotopic (exact) mass is 251 g/mol. The predicted molar refractivity (Wildman–Crippen MR) is 66.8 cm³/mol. The molecule has 1 atom stereocenters. The van der Waals surface area contributed by atoms with E-state index in [0.29, 0.717) is 18.8 Å². The third-order valence-corrected chi connectivity index (χ3v) is 2.65. The maximum absolute atomic E-state index is 11.7. The molecule has 0 saturated carbocycles. The molecule has 5 heteroatoms. The van der Waals surface area contributed by atoms with Gasteiger partial charge in [-0.15, -0.1) is 0 Å². The summed E-state index contributed by atoms with van der Waals surface area (Å²) in [6.45, 7) is 4.75. The topological polar surface area (TPSA) is 59.0 Å². The van der Waals surface area contributed by atoms with Gasteiger partial charge in [0.25, 0.3) is 0 Å². The van der Waals surface area contributed by atoms with Gasteiger partial charge in [0, 0.05) is 5.69 Å². The first kappa shape index (κ1) is 12.7. The summed E-state index contributed by atoms with van der Waals surface area (Å²) in [4.78, 5) is 13.2. The van der Waals surface area contributed by atoms with Gasteiger partial charge >= 0.3 is 6.09 Å². The first-order valence-corrected chi connectivity index (χ1v) is 5.95. The molecule has 1 amide bonds. The number of hydrogen-bond acceptors (Lipinski definition) is 4. The SMILES string of the molecule is CC(C)OCC1CN(c2ccc(O)cc2)C(=O)O1. The highest BCUT2D eigenvalue weighted by Gasteiger charge is 2.32. The number of aromatic hydroxyl groups is 1. The number of ether oxygens (including phenoxy) is 2. The highest BCUT2D eigenvalue weighted by atomic mass is 16.6. The Morgan fingerprint density at radius 3 is 2.72 bits per heavy atom. The van der Waals surface area contributed by atoms with E-state index in [-0.39, 0.29) is 24.1 Å². The molecular weight excluding hydrogens is 234 g/mol. The van der Waals surface area contributed by atoms with Crippen LogP contribution in [0.5, 0.6) is 5.75 Å². The van der Waals surface area contributed by atoms with E-state index in [1.165, 1.54) is 4.90 Å². The number of cyclic esters (lactones) is 1. The Morgan fingerprint density at radius 2 is 2.11 bits per heavy atom. The standard InChI is InChI=1S/C13H17NO4/c1-9(2)17-8-12-7-14(13(16)18-12)10-3-5-11(15)6-4-10/h3-6,9,12,15H,7-8H2,1-2H3. The van der Waals surface area contributed by atoms with E-state index in [1.54, 1.807) is 24.3 Å². The molecule has 1 N–H and O–H groups in total. The normalized spacial score (nSPS) is 19.4. The predicted octanol–water partition coefficient (Wildman–Crippen LogP) is 2.14. The highest BCUT2D eigenvalue weighted by molar-refractivity contribution is 5.89. The van der Waals surface area contributed by atoms with Gasteiger partial charge in [-0.3, -0.25) is 4.90 Å². The smallest absolute Gasteiger partial charge is 0.414 e. The average Bonchev–Trinajstić information content (AvgIpc) is 2.69. The van der Waals surface area contributed by atoms with Gasteiger partial charge in [-0.25, -0.2) is 4.79 Å². The number of benzene rings is 1. The van der Waals surface area contributed by atoms with E-state index >= 15 is 0 Å². The van der Waals surface area contributed by atoms with Crippen LogP contribution in [0.2, 0.25) is 0 Å². The van der Waals surface area contributed by atoms with Crippen molar-refractivity contribution in [2.24, 2.45) is 0 Å². The zero-order valence-electron chi connectivity index (χ0n) is 10.5. The molecule has 1 aliphatic rings. The maximum Gasteiger partial charge on any atom is 0.414 e. The lowest BCUT2D eigenvalue weighted by Gasteiger charge is -2.13. The van der Waals surface area contributed by atoms with Crippen LogP contribution in [-0.2, 0) is 9.47 Å². The fraction of sp³-hybridized carbons (Fsp3) is 0.462. The van der Waals surface area contributed by atoms with Crippen LogP contribution in [0, 0.1) is 0 Å². The van der Waals surface area contributed by atoms with Crippen LogP contribution in [0.3, 0.4) is 0 Å². The average molecular weight is 251 g/mol. The van der Waals surface area contributed by atoms with Gasteiger partial charge in [-0.2, -0.15) is 0 Å². The summed E-state index contributed by atoms with van der Waals surface area (Å²) >= 11 is 0. The molecule has 0 spiro atoms. The van der Waals surface area contributed by atoms with Crippen molar-refractivity contribution < 1.29 is 19.4 Å². The molecule has 1 unspecified atom stereocenters. The van der Waals surface area contributed by atoms with Crippen molar-refractivity contribution in [2.45, 2.75) is 26.1 Å². The van der Waals surface area contributed by atoms with Gasteiger partial charge in [-0.1, -0.05) is 0 Å². The minimum absolute atomic E-state index is 0.117. The van der Waals surface area contributed by atoms with Gasteiger partial charge in [0.05, 0.1) is 19.3 Å². The first-order valence-electron chi connectivity index (χ1n) is 5.95. The Labute approximate surface area is 106 Å². The van der Waals surface area contributed by atoms with Crippen molar-refractivity contribution in [2.75, 3.05) is 18.1 Å². The number of carbonyl (C=O) groups is 1. The molecular formula is C13H17NO4. The van der Waals surface area contributed by atoms with Crippen molar-refractivity contribution in [3.05, 3.63) is 24.3 Å². The molecule has 1 fully saturated rings. The molecule has 1 aromatic rings. The van der Waals surface area contributed by atoms with E-state index in [1.807, 2.05) is 13.8 Å². The fourth-order valence-electron chi connectivity index (χ4n) is 1.75. The second kappa shape index (κ2) is 5.27. The van der Waals surface area contributed by atoms with E-state index in [9.17, 15) is 9.90 Å². The number of phenols is 1. The lowest BCUT2D eigenvalue weighted by molar-refractivity contribution is 0.0153. The largest absolute Gasteiger partial charge is 0.508 e. The van der Waals surface area contributed by atoms with Crippen molar-refractivity contribution in [3.63, 3.8) is 0 Å². The molecule has 0 radical (unpaired) electrons. The van der Waals surface area contributed by atoms with Crippen LogP contribution in [0.1, 0.15) is 13.8 Å². The van der Waals surface area contributed by atoms with Gasteiger partial charge < -0.3 is 14.6 Å². The molecule has 98 valence electrons. The van der Waals surface area contributed by atoms with Crippen LogP contribution in [0.25, 0.3) is 0 Å². The molecule has 2 rings (SSSR count). The number of rotatable bonds is 4. The molecule has 0 aromatic heterocycles. The Hall–Kier alpha value is -1.75. The second-order valence-electron chi connectivity index (χ2n) is 4.51. The summed E-state index contributed by atoms with van der Waals surface area (Å²) in [6.07, 6.45) is -0.502. The Morgan fingerprint density at radius 1 is 1.44 bits per heavy atom. The van der Waals surface area contributed by atoms with Gasteiger partial charge in [0.15, 0.2) is 0 Å². The van der Waals surface area contributed by atoms with Crippen molar-refractivity contribution in [3.8, 4) is 5.75 Å². The third kappa shape index (κ3) is 2.92. The minimum atomic E-state index is -0.377. The van der Waals surface area contributed by atoms with Crippen LogP contribution in [-0.4, -0.2) is 36.6 Å². The quantitative estimate of drug-likeness (QED) is 0.890. The zero-order chi connectivity index (χ0) is 13.1. The van der Waals surface area contributed by atoms with E-state index in [0.717, 1.165) is 0 Å². The van der Waals surface area contributed by atoms with E-state index < -0.39 is 0 Å². The maximum atomic E-state index is 11.7. The van der Waals surface area contributed by atoms with E-state index in [4.69, 9.17) is 9.47 Å². The van der Waals surface area contributed by atoms with Gasteiger partial charge in [-0.05, 0) is 38.1 Å². The Kier molecular flexibility index (Phi) is 3.72. The van der Waals surface area contributed by atoms with E-state index in [2.05, 4.69) is 0 Å². The molecule has 0 bridgehead atoms. The Bertz CT molecular complexity index is 416. The van der Waals surface area contributed by atoms with Crippen LogP contribution in [0.15, 0.2) is 24.3 Å². The fourth-order valence-corrected chi connectivity index (χ4v) is 1.75. The molecule has 18 heavy (non-hydrogen) atoms. The van der Waals surface area contributed by atoms with Crippen molar-refractivity contribution in [1.82, 2.24) is 0 Å². The zero-order valence-corrected chi connectivity index (χ0v) is 10.5. The third-order valence-electron chi connectivity index (χ3n) is 2.65. The number of anilines is 1. The molecule has 1 aliphatic heterocycles. The summed E-state index contributed by atoms with van der Waals surface area (Å²) < 4.78 is 10.6. The number of carbonyl (C=O) groups excluding carboxylic acids is 1. The second-order valence-corrected chi connectivity index (χ2v) is 4.51. The molecule has 1 saturated heterocycles. The van der Waals surface area contributed by atoms with Crippen LogP contribution in [0.4, 0.5) is 10.5 Å². The highest BCUT2D eigenvalue weighted by Crippen LogP contribution is 2.23. The lowest BCUT2D eigenvalue weighted by atomic mass is 10.2. The molecule has 1 aromatic carbocycles. The van der Waals surface area contributed by atoms with Gasteiger partial charge in [0.2, 0.25) is 0 Å². The van der Waals surface area contributed by atoms with Crippen molar-refractivity contribution >= 4 is 11.8 Å². The van der Waals surface area contributed by atoms with Crippen LogP contribution >= 0.6 is 0 Å². The van der Waals surface area contributed by atoms with Crippen molar-refractivity contribution in [1.29, 1.82) is 0 Å².